The zero-order valence-corrected chi connectivity index (χ0v) is 7.52. The summed E-state index contributed by atoms with van der Waals surface area (Å²) in [7, 11) is 0. The molecule has 4 heteroatoms. The van der Waals surface area contributed by atoms with Gasteiger partial charge in [-0.1, -0.05) is 19.9 Å². The summed E-state index contributed by atoms with van der Waals surface area (Å²) in [6.07, 6.45) is -1.82. The molecule has 0 aromatic carbocycles. The fraction of sp³-hybridized carbons (Fsp3) is 0.556. The van der Waals surface area contributed by atoms with Crippen LogP contribution in [0.15, 0.2) is 23.4 Å². The van der Waals surface area contributed by atoms with E-state index in [0.29, 0.717) is 5.70 Å². The predicted octanol–water partition coefficient (Wildman–Crippen LogP) is 2.60. The van der Waals surface area contributed by atoms with Gasteiger partial charge in [0.05, 0.1) is 0 Å². The Bertz CT molecular complexity index is 263. The fourth-order valence-corrected chi connectivity index (χ4v) is 1.40. The van der Waals surface area contributed by atoms with Gasteiger partial charge in [0.25, 0.3) is 0 Å². The van der Waals surface area contributed by atoms with Gasteiger partial charge in [-0.25, -0.2) is 0 Å². The lowest BCUT2D eigenvalue weighted by Gasteiger charge is -2.27. The van der Waals surface area contributed by atoms with Crippen LogP contribution in [0.4, 0.5) is 13.2 Å². The molecule has 0 saturated carbocycles. The third-order valence-corrected chi connectivity index (χ3v) is 2.55. The molecule has 1 rings (SSSR count). The van der Waals surface area contributed by atoms with Gasteiger partial charge in [0.15, 0.2) is 0 Å². The SMILES string of the molecule is CC1C(N)=CC=C(C(F)(F)F)C1C. The molecule has 0 bridgehead atoms. The first kappa shape index (κ1) is 10.2. The van der Waals surface area contributed by atoms with E-state index in [4.69, 9.17) is 5.73 Å². The highest BCUT2D eigenvalue weighted by molar-refractivity contribution is 5.29. The topological polar surface area (TPSA) is 26.0 Å². The molecular formula is C9H12F3N. The molecule has 0 heterocycles. The Morgan fingerprint density at radius 2 is 1.69 bits per heavy atom. The number of halogens is 3. The molecule has 0 fully saturated rings. The first-order valence-electron chi connectivity index (χ1n) is 4.08. The maximum absolute atomic E-state index is 12.4. The Kier molecular flexibility index (Phi) is 2.41. The minimum Gasteiger partial charge on any atom is -0.402 e. The van der Waals surface area contributed by atoms with Crippen molar-refractivity contribution in [3.05, 3.63) is 23.4 Å². The number of hydrogen-bond donors (Lipinski definition) is 1. The van der Waals surface area contributed by atoms with Crippen molar-refractivity contribution in [1.82, 2.24) is 0 Å². The number of allylic oxidation sites excluding steroid dienone is 4. The van der Waals surface area contributed by atoms with Crippen molar-refractivity contribution < 1.29 is 13.2 Å². The van der Waals surface area contributed by atoms with Gasteiger partial charge in [0.1, 0.15) is 0 Å². The summed E-state index contributed by atoms with van der Waals surface area (Å²) < 4.78 is 37.1. The number of nitrogens with two attached hydrogens (primary N) is 1. The summed E-state index contributed by atoms with van der Waals surface area (Å²) in [6, 6.07) is 0. The molecule has 2 atom stereocenters. The molecule has 2 N–H and O–H groups in total. The molecule has 1 nitrogen and oxygen atoms in total. The highest BCUT2D eigenvalue weighted by atomic mass is 19.4. The largest absolute Gasteiger partial charge is 0.412 e. The Balaban J connectivity index is 3.01. The third-order valence-electron chi connectivity index (χ3n) is 2.55. The molecule has 0 aromatic heterocycles. The zero-order valence-electron chi connectivity index (χ0n) is 7.52. The standard InChI is InChI=1S/C9H12F3N/c1-5-6(2)8(13)4-3-7(5)9(10,11)12/h3-6H,13H2,1-2H3. The van der Waals surface area contributed by atoms with Crippen LogP contribution in [0.3, 0.4) is 0 Å². The van der Waals surface area contributed by atoms with E-state index < -0.39 is 17.7 Å². The van der Waals surface area contributed by atoms with Crippen LogP contribution < -0.4 is 5.73 Å². The van der Waals surface area contributed by atoms with Gasteiger partial charge in [-0.05, 0) is 12.0 Å². The van der Waals surface area contributed by atoms with Crippen LogP contribution in [0, 0.1) is 11.8 Å². The summed E-state index contributed by atoms with van der Waals surface area (Å²) in [4.78, 5) is 0. The molecule has 13 heavy (non-hydrogen) atoms. The van der Waals surface area contributed by atoms with Crippen LogP contribution >= 0.6 is 0 Å². The van der Waals surface area contributed by atoms with Crippen molar-refractivity contribution in [3.63, 3.8) is 0 Å². The predicted molar refractivity (Wildman–Crippen MR) is 44.7 cm³/mol. The van der Waals surface area contributed by atoms with Crippen LogP contribution in [0.25, 0.3) is 0 Å². The molecular weight excluding hydrogens is 179 g/mol. The van der Waals surface area contributed by atoms with E-state index in [0.717, 1.165) is 6.08 Å². The molecule has 1 aliphatic carbocycles. The van der Waals surface area contributed by atoms with E-state index in [1.807, 2.05) is 0 Å². The minimum atomic E-state index is -4.23. The van der Waals surface area contributed by atoms with Gasteiger partial charge in [0, 0.05) is 17.2 Å². The van der Waals surface area contributed by atoms with Crippen LogP contribution in [-0.2, 0) is 0 Å². The average Bonchev–Trinajstić information content (AvgIpc) is 1.98. The van der Waals surface area contributed by atoms with Crippen molar-refractivity contribution in [2.24, 2.45) is 17.6 Å². The normalized spacial score (nSPS) is 29.6. The smallest absolute Gasteiger partial charge is 0.402 e. The maximum atomic E-state index is 12.4. The van der Waals surface area contributed by atoms with E-state index in [9.17, 15) is 13.2 Å². The molecule has 0 aliphatic heterocycles. The summed E-state index contributed by atoms with van der Waals surface area (Å²) in [5.74, 6) is -0.786. The Hall–Kier alpha value is -0.930. The minimum absolute atomic E-state index is 0.235. The summed E-state index contributed by atoms with van der Waals surface area (Å²) in [5.41, 5.74) is 5.55. The molecule has 0 radical (unpaired) electrons. The zero-order chi connectivity index (χ0) is 10.2. The van der Waals surface area contributed by atoms with Gasteiger partial charge in [-0.2, -0.15) is 13.2 Å². The van der Waals surface area contributed by atoms with Crippen molar-refractivity contribution in [2.45, 2.75) is 20.0 Å². The lowest BCUT2D eigenvalue weighted by atomic mass is 9.82. The van der Waals surface area contributed by atoms with Gasteiger partial charge in [0.2, 0.25) is 0 Å². The number of alkyl halides is 3. The lowest BCUT2D eigenvalue weighted by Crippen LogP contribution is -2.28. The molecule has 0 saturated heterocycles. The second-order valence-electron chi connectivity index (χ2n) is 3.36. The van der Waals surface area contributed by atoms with Crippen LogP contribution in [-0.4, -0.2) is 6.18 Å². The molecule has 2 unspecified atom stereocenters. The quantitative estimate of drug-likeness (QED) is 0.625. The average molecular weight is 191 g/mol. The molecule has 74 valence electrons. The van der Waals surface area contributed by atoms with Gasteiger partial charge >= 0.3 is 6.18 Å². The van der Waals surface area contributed by atoms with Gasteiger partial charge in [-0.15, -0.1) is 0 Å². The van der Waals surface area contributed by atoms with Gasteiger partial charge in [-0.3, -0.25) is 0 Å². The van der Waals surface area contributed by atoms with Crippen molar-refractivity contribution in [3.8, 4) is 0 Å². The third kappa shape index (κ3) is 1.87. The van der Waals surface area contributed by atoms with E-state index in [1.165, 1.54) is 6.08 Å². The van der Waals surface area contributed by atoms with Crippen molar-refractivity contribution in [2.75, 3.05) is 0 Å². The van der Waals surface area contributed by atoms with E-state index in [2.05, 4.69) is 0 Å². The highest BCUT2D eigenvalue weighted by Crippen LogP contribution is 2.38. The first-order chi connectivity index (χ1) is 5.84. The van der Waals surface area contributed by atoms with Crippen molar-refractivity contribution in [1.29, 1.82) is 0 Å². The molecule has 1 aliphatic rings. The number of hydrogen-bond acceptors (Lipinski definition) is 1. The monoisotopic (exact) mass is 191 g/mol. The molecule has 0 amide bonds. The van der Waals surface area contributed by atoms with E-state index in [-0.39, 0.29) is 5.92 Å². The first-order valence-corrected chi connectivity index (χ1v) is 4.08. The summed E-state index contributed by atoms with van der Waals surface area (Å²) >= 11 is 0. The molecule has 0 aromatic rings. The fourth-order valence-electron chi connectivity index (χ4n) is 1.40. The Labute approximate surface area is 75.1 Å². The Morgan fingerprint density at radius 3 is 2.15 bits per heavy atom. The second kappa shape index (κ2) is 3.09. The highest BCUT2D eigenvalue weighted by Gasteiger charge is 2.39. The lowest BCUT2D eigenvalue weighted by molar-refractivity contribution is -0.100. The summed E-state index contributed by atoms with van der Waals surface area (Å²) in [6.45, 7) is 3.25. The van der Waals surface area contributed by atoms with Crippen LogP contribution in [0.2, 0.25) is 0 Å². The van der Waals surface area contributed by atoms with Gasteiger partial charge < -0.3 is 5.73 Å². The summed E-state index contributed by atoms with van der Waals surface area (Å²) in [5, 5.41) is 0. The Morgan fingerprint density at radius 1 is 1.15 bits per heavy atom. The van der Waals surface area contributed by atoms with E-state index >= 15 is 0 Å². The molecule has 0 spiro atoms. The number of rotatable bonds is 0. The van der Waals surface area contributed by atoms with Crippen LogP contribution in [0.5, 0.6) is 0 Å². The second-order valence-corrected chi connectivity index (χ2v) is 3.36. The van der Waals surface area contributed by atoms with Crippen LogP contribution in [0.1, 0.15) is 13.8 Å². The van der Waals surface area contributed by atoms with E-state index in [1.54, 1.807) is 13.8 Å². The maximum Gasteiger partial charge on any atom is 0.412 e. The van der Waals surface area contributed by atoms with Crippen molar-refractivity contribution >= 4 is 0 Å².